The van der Waals surface area contributed by atoms with Gasteiger partial charge in [0.25, 0.3) is 0 Å². The Balaban J connectivity index is 2.11. The van der Waals surface area contributed by atoms with E-state index in [0.717, 1.165) is 13.0 Å². The summed E-state index contributed by atoms with van der Waals surface area (Å²) < 4.78 is 0. The van der Waals surface area contributed by atoms with Gasteiger partial charge in [0.2, 0.25) is 0 Å². The van der Waals surface area contributed by atoms with E-state index >= 15 is 0 Å². The maximum atomic E-state index is 6.16. The Labute approximate surface area is 126 Å². The van der Waals surface area contributed by atoms with Crippen LogP contribution in [0.2, 0.25) is 10.0 Å². The van der Waals surface area contributed by atoms with Crippen molar-refractivity contribution in [2.24, 2.45) is 5.84 Å². The molecule has 0 aliphatic heterocycles. The summed E-state index contributed by atoms with van der Waals surface area (Å²) in [7, 11) is 1.94. The molecule has 0 fully saturated rings. The number of hydrogen-bond donors (Lipinski definition) is 2. The van der Waals surface area contributed by atoms with Gasteiger partial charge in [0, 0.05) is 18.5 Å². The third-order valence-electron chi connectivity index (χ3n) is 2.68. The van der Waals surface area contributed by atoms with Crippen molar-refractivity contribution in [1.29, 1.82) is 0 Å². The highest BCUT2D eigenvalue weighted by molar-refractivity contribution is 7.09. The Kier molecular flexibility index (Phi) is 4.87. The second-order valence-corrected chi connectivity index (χ2v) is 5.87. The van der Waals surface area contributed by atoms with Crippen LogP contribution in [0.25, 0.3) is 0 Å². The first kappa shape index (κ1) is 14.4. The number of nitrogen functional groups attached to an aromatic ring is 1. The minimum atomic E-state index is 0.405. The van der Waals surface area contributed by atoms with Crippen molar-refractivity contribution in [2.75, 3.05) is 23.9 Å². The van der Waals surface area contributed by atoms with Crippen molar-refractivity contribution in [3.63, 3.8) is 0 Å². The molecular formula is C12H14Cl2N4S. The van der Waals surface area contributed by atoms with Crippen LogP contribution in [0.15, 0.2) is 23.6 Å². The summed E-state index contributed by atoms with van der Waals surface area (Å²) in [5.41, 5.74) is 2.46. The van der Waals surface area contributed by atoms with Gasteiger partial charge < -0.3 is 10.3 Å². The smallest absolute Gasteiger partial charge is 0.161 e. The van der Waals surface area contributed by atoms with Gasteiger partial charge in [-0.3, -0.25) is 0 Å². The first-order valence-electron chi connectivity index (χ1n) is 5.68. The number of rotatable bonds is 5. The van der Waals surface area contributed by atoms with E-state index in [2.05, 4.69) is 21.9 Å². The minimum absolute atomic E-state index is 0.405. The van der Waals surface area contributed by atoms with Gasteiger partial charge in [0.15, 0.2) is 5.82 Å². The number of nitrogens with zero attached hydrogens (tertiary/aromatic N) is 2. The van der Waals surface area contributed by atoms with Gasteiger partial charge in [-0.1, -0.05) is 29.3 Å². The molecule has 2 heterocycles. The Bertz CT molecular complexity index is 545. The third kappa shape index (κ3) is 3.51. The van der Waals surface area contributed by atoms with Crippen LogP contribution >= 0.6 is 34.5 Å². The molecule has 3 N–H and O–H groups in total. The predicted octanol–water partition coefficient (Wildman–Crippen LogP) is 3.41. The van der Waals surface area contributed by atoms with Gasteiger partial charge in [-0.2, -0.15) is 0 Å². The number of hydrogen-bond acceptors (Lipinski definition) is 5. The third-order valence-corrected chi connectivity index (χ3v) is 4.19. The van der Waals surface area contributed by atoms with Crippen LogP contribution in [-0.2, 0) is 6.42 Å². The summed E-state index contributed by atoms with van der Waals surface area (Å²) >= 11 is 13.9. The molecule has 0 spiro atoms. The average molecular weight is 317 g/mol. The number of hydrazine groups is 1. The number of nitrogens with one attached hydrogen (secondary N) is 1. The molecule has 2 rings (SSSR count). The summed E-state index contributed by atoms with van der Waals surface area (Å²) in [6.07, 6.45) is 0.945. The molecule has 19 heavy (non-hydrogen) atoms. The van der Waals surface area contributed by atoms with Crippen molar-refractivity contribution in [2.45, 2.75) is 6.42 Å². The first-order valence-corrected chi connectivity index (χ1v) is 7.31. The van der Waals surface area contributed by atoms with Crippen LogP contribution in [0.4, 0.5) is 11.6 Å². The standard InChI is InChI=1S/C12H14Cl2N4S/c1-18(5-4-8-3-2-6-19-8)12-10(14)7-9(13)11(16-12)17-15/h2-3,6-7H,4-5,15H2,1H3,(H,16,17). The molecule has 4 nitrogen and oxygen atoms in total. The summed E-state index contributed by atoms with van der Waals surface area (Å²) in [6, 6.07) is 5.80. The molecule has 0 aliphatic rings. The molecule has 2 aromatic heterocycles. The maximum absolute atomic E-state index is 6.16. The van der Waals surface area contributed by atoms with Gasteiger partial charge in [0.05, 0.1) is 10.0 Å². The van der Waals surface area contributed by atoms with E-state index in [-0.39, 0.29) is 0 Å². The Hall–Kier alpha value is -1.01. The van der Waals surface area contributed by atoms with Crippen LogP contribution in [0.5, 0.6) is 0 Å². The quantitative estimate of drug-likeness (QED) is 0.655. The van der Waals surface area contributed by atoms with E-state index in [4.69, 9.17) is 29.0 Å². The predicted molar refractivity (Wildman–Crippen MR) is 83.4 cm³/mol. The highest BCUT2D eigenvalue weighted by Crippen LogP contribution is 2.30. The monoisotopic (exact) mass is 316 g/mol. The lowest BCUT2D eigenvalue weighted by Gasteiger charge is -2.20. The van der Waals surface area contributed by atoms with E-state index in [1.54, 1.807) is 17.4 Å². The molecule has 0 bridgehead atoms. The molecule has 102 valence electrons. The topological polar surface area (TPSA) is 54.2 Å². The summed E-state index contributed by atoms with van der Waals surface area (Å²) in [6.45, 7) is 0.818. The van der Waals surface area contributed by atoms with E-state index in [1.807, 2.05) is 18.0 Å². The van der Waals surface area contributed by atoms with Crippen LogP contribution in [0.1, 0.15) is 4.88 Å². The highest BCUT2D eigenvalue weighted by Gasteiger charge is 2.12. The Morgan fingerprint density at radius 2 is 2.21 bits per heavy atom. The lowest BCUT2D eigenvalue weighted by Crippen LogP contribution is -2.22. The highest BCUT2D eigenvalue weighted by atomic mass is 35.5. The average Bonchev–Trinajstić information content (AvgIpc) is 2.89. The van der Waals surface area contributed by atoms with E-state index in [1.165, 1.54) is 4.88 Å². The van der Waals surface area contributed by atoms with E-state index in [9.17, 15) is 0 Å². The second kappa shape index (κ2) is 6.43. The van der Waals surface area contributed by atoms with Crippen molar-refractivity contribution in [3.05, 3.63) is 38.5 Å². The van der Waals surface area contributed by atoms with Gasteiger partial charge in [-0.05, 0) is 23.9 Å². The molecule has 0 unspecified atom stereocenters. The largest absolute Gasteiger partial charge is 0.358 e. The normalized spacial score (nSPS) is 10.5. The summed E-state index contributed by atoms with van der Waals surface area (Å²) in [5, 5.41) is 2.99. The molecule has 0 radical (unpaired) electrons. The summed E-state index contributed by atoms with van der Waals surface area (Å²) in [4.78, 5) is 7.63. The molecule has 0 saturated carbocycles. The molecule has 0 aliphatic carbocycles. The fourth-order valence-corrected chi connectivity index (χ4v) is 2.92. The number of halogens is 2. The van der Waals surface area contributed by atoms with Crippen LogP contribution in [0, 0.1) is 0 Å². The van der Waals surface area contributed by atoms with Crippen molar-refractivity contribution < 1.29 is 0 Å². The zero-order valence-corrected chi connectivity index (χ0v) is 12.7. The van der Waals surface area contributed by atoms with E-state index in [0.29, 0.717) is 21.7 Å². The molecule has 0 atom stereocenters. The van der Waals surface area contributed by atoms with Gasteiger partial charge in [0.1, 0.15) is 5.82 Å². The molecule has 7 heteroatoms. The number of thiophene rings is 1. The van der Waals surface area contributed by atoms with Crippen LogP contribution in [-0.4, -0.2) is 18.6 Å². The molecular weight excluding hydrogens is 303 g/mol. The second-order valence-electron chi connectivity index (χ2n) is 4.02. The fourth-order valence-electron chi connectivity index (χ4n) is 1.66. The lowest BCUT2D eigenvalue weighted by atomic mass is 10.3. The van der Waals surface area contributed by atoms with Gasteiger partial charge in [-0.25, -0.2) is 10.8 Å². The molecule has 0 amide bonds. The SMILES string of the molecule is CN(CCc1cccs1)c1nc(NN)c(Cl)cc1Cl. The van der Waals surface area contributed by atoms with Crippen LogP contribution in [0.3, 0.4) is 0 Å². The van der Waals surface area contributed by atoms with Crippen molar-refractivity contribution in [3.8, 4) is 0 Å². The number of aromatic nitrogens is 1. The zero-order valence-electron chi connectivity index (χ0n) is 10.4. The van der Waals surface area contributed by atoms with Crippen LogP contribution < -0.4 is 16.2 Å². The maximum Gasteiger partial charge on any atom is 0.161 e. The number of likely N-dealkylation sites (N-methyl/N-ethyl adjacent to an activating group) is 1. The number of nitrogens with two attached hydrogens (primary N) is 1. The molecule has 2 aromatic rings. The Morgan fingerprint density at radius 1 is 1.42 bits per heavy atom. The van der Waals surface area contributed by atoms with Crippen molar-refractivity contribution >= 4 is 46.2 Å². The summed E-state index contributed by atoms with van der Waals surface area (Å²) in [5.74, 6) is 6.45. The molecule has 0 saturated heterocycles. The van der Waals surface area contributed by atoms with Gasteiger partial charge >= 0.3 is 0 Å². The fraction of sp³-hybridized carbons (Fsp3) is 0.250. The zero-order chi connectivity index (χ0) is 13.8. The minimum Gasteiger partial charge on any atom is -0.358 e. The first-order chi connectivity index (χ1) is 9.11. The molecule has 0 aromatic carbocycles. The van der Waals surface area contributed by atoms with Crippen molar-refractivity contribution in [1.82, 2.24) is 4.98 Å². The van der Waals surface area contributed by atoms with Gasteiger partial charge in [-0.15, -0.1) is 11.3 Å². The Morgan fingerprint density at radius 3 is 2.84 bits per heavy atom. The van der Waals surface area contributed by atoms with E-state index < -0.39 is 0 Å². The lowest BCUT2D eigenvalue weighted by molar-refractivity contribution is 0.869. The number of anilines is 2. The number of pyridine rings is 1.